The smallest absolute Gasteiger partial charge is 0.196 e. The number of rotatable bonds is 2. The van der Waals surface area contributed by atoms with Gasteiger partial charge >= 0.3 is 0 Å². The summed E-state index contributed by atoms with van der Waals surface area (Å²) in [4.78, 5) is 14.9. The Morgan fingerprint density at radius 3 is 2.35 bits per heavy atom. The van der Waals surface area contributed by atoms with Gasteiger partial charge in [-0.3, -0.25) is 4.79 Å². The zero-order valence-electron chi connectivity index (χ0n) is 14.2. The Kier molecular flexibility index (Phi) is 3.85. The van der Waals surface area contributed by atoms with Crippen molar-refractivity contribution in [1.29, 1.82) is 0 Å². The molecule has 3 aromatic rings. The van der Waals surface area contributed by atoms with E-state index in [-0.39, 0.29) is 11.5 Å². The quantitative estimate of drug-likeness (QED) is 0.492. The number of aryl methyl sites for hydroxylation is 1. The first kappa shape index (κ1) is 16.5. The summed E-state index contributed by atoms with van der Waals surface area (Å²) in [5.74, 6) is 0.156. The van der Waals surface area contributed by atoms with Crippen molar-refractivity contribution in [2.24, 2.45) is 0 Å². The van der Waals surface area contributed by atoms with E-state index < -0.39 is 0 Å². The highest BCUT2D eigenvalue weighted by Crippen LogP contribution is 2.44. The molecule has 0 bridgehead atoms. The fourth-order valence-electron chi connectivity index (χ4n) is 3.37. The molecule has 3 nitrogen and oxygen atoms in total. The highest BCUT2D eigenvalue weighted by Gasteiger charge is 2.30. The van der Waals surface area contributed by atoms with Crippen LogP contribution in [0.25, 0.3) is 5.57 Å². The molecule has 0 saturated carbocycles. The zero-order valence-corrected chi connectivity index (χ0v) is 15.1. The highest BCUT2D eigenvalue weighted by atomic mass is 32.2. The van der Waals surface area contributed by atoms with Crippen molar-refractivity contribution >= 4 is 28.8 Å². The number of phenolic OH excluding ortho intramolecular Hbond substituents is 1. The molecule has 26 heavy (non-hydrogen) atoms. The van der Waals surface area contributed by atoms with Crippen molar-refractivity contribution in [3.8, 4) is 5.75 Å². The third-order valence-corrected chi connectivity index (χ3v) is 5.68. The maximum Gasteiger partial charge on any atom is 0.196 e. The second-order valence-electron chi connectivity index (χ2n) is 6.30. The summed E-state index contributed by atoms with van der Waals surface area (Å²) < 4.78 is 0. The Bertz CT molecular complexity index is 1070. The van der Waals surface area contributed by atoms with Crippen molar-refractivity contribution in [3.05, 3.63) is 89.0 Å². The number of aromatic hydroxyl groups is 1. The van der Waals surface area contributed by atoms with Gasteiger partial charge in [-0.2, -0.15) is 0 Å². The fraction of sp³-hybridized carbons (Fsp3) is 0.0455. The van der Waals surface area contributed by atoms with E-state index >= 15 is 0 Å². The van der Waals surface area contributed by atoms with Crippen LogP contribution >= 0.6 is 11.8 Å². The van der Waals surface area contributed by atoms with Gasteiger partial charge in [-0.15, -0.1) is 0 Å². The predicted octanol–water partition coefficient (Wildman–Crippen LogP) is 5.04. The van der Waals surface area contributed by atoms with Crippen molar-refractivity contribution in [1.82, 2.24) is 0 Å². The minimum absolute atomic E-state index is 0.0586. The summed E-state index contributed by atoms with van der Waals surface area (Å²) >= 11 is 1.48. The van der Waals surface area contributed by atoms with Crippen LogP contribution in [0.5, 0.6) is 5.75 Å². The number of hydrogen-bond donors (Lipinski definition) is 2. The number of carbonyl (C=O) groups excluding carboxylic acids is 1. The molecule has 0 spiro atoms. The average molecular weight is 359 g/mol. The molecule has 0 aromatic heterocycles. The van der Waals surface area contributed by atoms with Gasteiger partial charge in [0.05, 0.1) is 11.3 Å². The van der Waals surface area contributed by atoms with Crippen molar-refractivity contribution in [2.45, 2.75) is 16.7 Å². The summed E-state index contributed by atoms with van der Waals surface area (Å²) in [5.41, 5.74) is 11.6. The zero-order chi connectivity index (χ0) is 18.4. The summed E-state index contributed by atoms with van der Waals surface area (Å²) in [5, 5.41) is 9.45. The first-order valence-corrected chi connectivity index (χ1v) is 9.02. The summed E-state index contributed by atoms with van der Waals surface area (Å²) in [6.45, 7) is 6.19. The van der Waals surface area contributed by atoms with Crippen molar-refractivity contribution < 1.29 is 9.90 Å². The Morgan fingerprint density at radius 2 is 1.65 bits per heavy atom. The minimum atomic E-state index is -0.0586. The predicted molar refractivity (Wildman–Crippen MR) is 106 cm³/mol. The first-order chi connectivity index (χ1) is 12.5. The van der Waals surface area contributed by atoms with E-state index in [9.17, 15) is 9.90 Å². The van der Waals surface area contributed by atoms with E-state index in [1.54, 1.807) is 12.1 Å². The molecule has 0 saturated heterocycles. The van der Waals surface area contributed by atoms with Crippen LogP contribution in [0.1, 0.15) is 32.6 Å². The molecule has 0 fully saturated rings. The van der Waals surface area contributed by atoms with Crippen LogP contribution in [0.4, 0.5) is 5.69 Å². The van der Waals surface area contributed by atoms with Crippen LogP contribution in [0.15, 0.2) is 71.0 Å². The Morgan fingerprint density at radius 1 is 1.00 bits per heavy atom. The molecule has 0 aliphatic heterocycles. The van der Waals surface area contributed by atoms with Gasteiger partial charge in [0.2, 0.25) is 0 Å². The van der Waals surface area contributed by atoms with Crippen LogP contribution < -0.4 is 5.73 Å². The third-order valence-electron chi connectivity index (χ3n) is 4.62. The molecular formula is C22H17NO2S. The number of fused-ring (bicyclic) bond motifs is 2. The molecule has 128 valence electrons. The van der Waals surface area contributed by atoms with E-state index in [0.29, 0.717) is 16.8 Å². The first-order valence-electron chi connectivity index (χ1n) is 8.20. The number of nitrogens with two attached hydrogens (primary N) is 1. The SMILES string of the molecule is C=C1c2ccccc2C(=O)c2c(N)c(Sc3ccc(O)cc3)cc(C)c21. The van der Waals surface area contributed by atoms with Gasteiger partial charge in [0.1, 0.15) is 5.75 Å². The lowest BCUT2D eigenvalue weighted by Crippen LogP contribution is -2.18. The van der Waals surface area contributed by atoms with Gasteiger partial charge < -0.3 is 10.8 Å². The van der Waals surface area contributed by atoms with Crippen LogP contribution in [-0.4, -0.2) is 10.9 Å². The molecule has 0 unspecified atom stereocenters. The van der Waals surface area contributed by atoms with E-state index in [2.05, 4.69) is 6.58 Å². The summed E-state index contributed by atoms with van der Waals surface area (Å²) in [6.07, 6.45) is 0. The van der Waals surface area contributed by atoms with Crippen LogP contribution in [0, 0.1) is 6.92 Å². The summed E-state index contributed by atoms with van der Waals surface area (Å²) in [7, 11) is 0. The monoisotopic (exact) mass is 359 g/mol. The van der Waals surface area contributed by atoms with Crippen LogP contribution in [0.2, 0.25) is 0 Å². The number of anilines is 1. The standard InChI is InChI=1S/C22H17NO2S/c1-12-11-18(26-15-9-7-14(24)8-10-15)21(23)20-19(12)13(2)16-5-3-4-6-17(16)22(20)25/h3-11,24H,2,23H2,1H3. The van der Waals surface area contributed by atoms with E-state index in [0.717, 1.165) is 32.1 Å². The van der Waals surface area contributed by atoms with E-state index in [1.807, 2.05) is 49.4 Å². The third kappa shape index (κ3) is 2.50. The highest BCUT2D eigenvalue weighted by molar-refractivity contribution is 7.99. The average Bonchev–Trinajstić information content (AvgIpc) is 2.64. The van der Waals surface area contributed by atoms with Gasteiger partial charge in [0.15, 0.2) is 5.78 Å². The lowest BCUT2D eigenvalue weighted by molar-refractivity contribution is 0.103. The number of benzene rings is 3. The molecule has 3 N–H and O–H groups in total. The topological polar surface area (TPSA) is 63.3 Å². The number of carbonyl (C=O) groups is 1. The second kappa shape index (κ2) is 6.07. The Labute approximate surface area is 156 Å². The number of ketones is 1. The Hall–Kier alpha value is -2.98. The molecule has 1 aliphatic rings. The Balaban J connectivity index is 1.87. The van der Waals surface area contributed by atoms with Gasteiger partial charge in [0, 0.05) is 15.4 Å². The van der Waals surface area contributed by atoms with E-state index in [4.69, 9.17) is 5.73 Å². The lowest BCUT2D eigenvalue weighted by atomic mass is 9.79. The molecule has 0 atom stereocenters. The number of phenols is 1. The van der Waals surface area contributed by atoms with Gasteiger partial charge in [-0.1, -0.05) is 42.6 Å². The largest absolute Gasteiger partial charge is 0.508 e. The van der Waals surface area contributed by atoms with E-state index in [1.165, 1.54) is 11.8 Å². The van der Waals surface area contributed by atoms with Crippen LogP contribution in [-0.2, 0) is 0 Å². The van der Waals surface area contributed by atoms with Gasteiger partial charge in [-0.25, -0.2) is 0 Å². The molecule has 4 heteroatoms. The number of hydrogen-bond acceptors (Lipinski definition) is 4. The minimum Gasteiger partial charge on any atom is -0.508 e. The molecular weight excluding hydrogens is 342 g/mol. The van der Waals surface area contributed by atoms with Crippen LogP contribution in [0.3, 0.4) is 0 Å². The van der Waals surface area contributed by atoms with Crippen molar-refractivity contribution in [2.75, 3.05) is 5.73 Å². The molecule has 0 radical (unpaired) electrons. The molecule has 0 amide bonds. The second-order valence-corrected chi connectivity index (χ2v) is 7.42. The van der Waals surface area contributed by atoms with Gasteiger partial charge in [-0.05, 0) is 59.5 Å². The van der Waals surface area contributed by atoms with Crippen molar-refractivity contribution in [3.63, 3.8) is 0 Å². The fourth-order valence-corrected chi connectivity index (χ4v) is 4.34. The molecule has 0 heterocycles. The maximum absolute atomic E-state index is 13.1. The molecule has 3 aromatic carbocycles. The normalized spacial score (nSPS) is 12.7. The number of nitrogen functional groups attached to an aromatic ring is 1. The van der Waals surface area contributed by atoms with Gasteiger partial charge in [0.25, 0.3) is 0 Å². The molecule has 4 rings (SSSR count). The lowest BCUT2D eigenvalue weighted by Gasteiger charge is -2.25. The maximum atomic E-state index is 13.1. The summed E-state index contributed by atoms with van der Waals surface area (Å²) in [6, 6.07) is 16.4. The molecule has 1 aliphatic carbocycles.